The van der Waals surface area contributed by atoms with Crippen molar-refractivity contribution in [2.75, 3.05) is 13.1 Å². The normalized spacial score (nSPS) is 19.8. The molecule has 0 radical (unpaired) electrons. The van der Waals surface area contributed by atoms with Crippen molar-refractivity contribution >= 4 is 5.91 Å². The van der Waals surface area contributed by atoms with Crippen molar-refractivity contribution in [1.29, 1.82) is 5.26 Å². The molecule has 17 heavy (non-hydrogen) atoms. The Hall–Kier alpha value is -1.93. The molecule has 1 fully saturated rings. The maximum Gasteiger partial charge on any atom is 0.254 e. The maximum absolute atomic E-state index is 12.1. The third-order valence-electron chi connectivity index (χ3n) is 2.81. The lowest BCUT2D eigenvalue weighted by Gasteiger charge is -2.30. The summed E-state index contributed by atoms with van der Waals surface area (Å²) >= 11 is 0. The topological polar surface area (TPSA) is 77.2 Å². The Kier molecular flexibility index (Phi) is 3.35. The molecule has 1 aliphatic heterocycles. The van der Waals surface area contributed by atoms with Gasteiger partial charge in [0.05, 0.1) is 6.10 Å². The maximum atomic E-state index is 12.1. The third kappa shape index (κ3) is 2.60. The summed E-state index contributed by atoms with van der Waals surface area (Å²) in [6, 6.07) is 4.97. The number of piperidine rings is 1. The van der Waals surface area contributed by atoms with Crippen molar-refractivity contribution in [3.8, 4) is 6.07 Å². The van der Waals surface area contributed by atoms with Gasteiger partial charge < -0.3 is 10.0 Å². The number of amides is 1. The van der Waals surface area contributed by atoms with Crippen molar-refractivity contribution in [2.24, 2.45) is 0 Å². The van der Waals surface area contributed by atoms with Gasteiger partial charge in [0.2, 0.25) is 0 Å². The summed E-state index contributed by atoms with van der Waals surface area (Å²) in [5, 5.41) is 18.2. The molecule has 1 unspecified atom stereocenters. The number of aliphatic hydroxyl groups is 1. The highest BCUT2D eigenvalue weighted by atomic mass is 16.3. The summed E-state index contributed by atoms with van der Waals surface area (Å²) in [5.74, 6) is -0.150. The molecule has 0 saturated carbocycles. The lowest BCUT2D eigenvalue weighted by molar-refractivity contribution is 0.0473. The molecule has 1 atom stereocenters. The molecule has 0 aromatic carbocycles. The van der Waals surface area contributed by atoms with Crippen LogP contribution in [0.25, 0.3) is 0 Å². The summed E-state index contributed by atoms with van der Waals surface area (Å²) in [7, 11) is 0. The number of hydrogen-bond acceptors (Lipinski definition) is 4. The first-order valence-corrected chi connectivity index (χ1v) is 5.54. The number of β-amino-alcohol motifs (C(OH)–C–C–N with tert-alkyl or cyclic N) is 1. The Labute approximate surface area is 99.3 Å². The fraction of sp³-hybridized carbons (Fsp3) is 0.417. The van der Waals surface area contributed by atoms with Crippen LogP contribution in [0.5, 0.6) is 0 Å². The molecule has 1 aliphatic rings. The fourth-order valence-electron chi connectivity index (χ4n) is 1.95. The number of nitrogens with zero attached hydrogens (tertiary/aromatic N) is 3. The van der Waals surface area contributed by atoms with E-state index in [9.17, 15) is 9.90 Å². The van der Waals surface area contributed by atoms with Crippen LogP contribution in [-0.4, -0.2) is 40.1 Å². The van der Waals surface area contributed by atoms with Crippen LogP contribution >= 0.6 is 0 Å². The first-order chi connectivity index (χ1) is 8.20. The van der Waals surface area contributed by atoms with E-state index >= 15 is 0 Å². The van der Waals surface area contributed by atoms with Gasteiger partial charge in [0.25, 0.3) is 5.91 Å². The predicted molar refractivity (Wildman–Crippen MR) is 60.1 cm³/mol. The number of carbonyl (C=O) groups excluding carboxylic acids is 1. The van der Waals surface area contributed by atoms with E-state index in [2.05, 4.69) is 4.98 Å². The zero-order chi connectivity index (χ0) is 12.3. The Morgan fingerprint density at radius 2 is 2.47 bits per heavy atom. The second-order valence-corrected chi connectivity index (χ2v) is 4.09. The summed E-state index contributed by atoms with van der Waals surface area (Å²) < 4.78 is 0. The quantitative estimate of drug-likeness (QED) is 0.765. The minimum Gasteiger partial charge on any atom is -0.391 e. The minimum atomic E-state index is -0.440. The monoisotopic (exact) mass is 231 g/mol. The molecular formula is C12H13N3O2. The standard InChI is InChI=1S/C12H13N3O2/c13-7-10-6-9(3-4-14-10)12(17)15-5-1-2-11(16)8-15/h3-4,6,11,16H,1-2,5,8H2. The molecule has 2 rings (SSSR count). The van der Waals surface area contributed by atoms with Crippen LogP contribution in [0, 0.1) is 11.3 Å². The Balaban J connectivity index is 2.16. The van der Waals surface area contributed by atoms with Gasteiger partial charge in [0, 0.05) is 24.8 Å². The van der Waals surface area contributed by atoms with Crippen LogP contribution in [0.15, 0.2) is 18.3 Å². The average Bonchev–Trinajstić information content (AvgIpc) is 2.38. The minimum absolute atomic E-state index is 0.150. The number of pyridine rings is 1. The van der Waals surface area contributed by atoms with Gasteiger partial charge in [0.15, 0.2) is 0 Å². The van der Waals surface area contributed by atoms with Crippen LogP contribution in [0.2, 0.25) is 0 Å². The van der Waals surface area contributed by atoms with Crippen LogP contribution in [0.3, 0.4) is 0 Å². The van der Waals surface area contributed by atoms with Crippen LogP contribution in [0.1, 0.15) is 28.9 Å². The third-order valence-corrected chi connectivity index (χ3v) is 2.81. The van der Waals surface area contributed by atoms with Crippen molar-refractivity contribution in [2.45, 2.75) is 18.9 Å². The number of nitriles is 1. The van der Waals surface area contributed by atoms with Gasteiger partial charge in [-0.25, -0.2) is 4.98 Å². The lowest BCUT2D eigenvalue weighted by Crippen LogP contribution is -2.42. The van der Waals surface area contributed by atoms with Crippen molar-refractivity contribution < 1.29 is 9.90 Å². The van der Waals surface area contributed by atoms with E-state index in [4.69, 9.17) is 5.26 Å². The molecule has 0 spiro atoms. The van der Waals surface area contributed by atoms with Crippen molar-refractivity contribution in [3.63, 3.8) is 0 Å². The van der Waals surface area contributed by atoms with Gasteiger partial charge >= 0.3 is 0 Å². The van der Waals surface area contributed by atoms with Gasteiger partial charge in [-0.2, -0.15) is 5.26 Å². The molecule has 0 bridgehead atoms. The Morgan fingerprint density at radius 1 is 1.65 bits per heavy atom. The number of rotatable bonds is 1. The molecule has 5 nitrogen and oxygen atoms in total. The number of carbonyl (C=O) groups is 1. The SMILES string of the molecule is N#Cc1cc(C(=O)N2CCCC(O)C2)ccn1. The number of aliphatic hydroxyl groups excluding tert-OH is 1. The van der Waals surface area contributed by atoms with E-state index < -0.39 is 6.10 Å². The zero-order valence-corrected chi connectivity index (χ0v) is 9.33. The highest BCUT2D eigenvalue weighted by molar-refractivity contribution is 5.94. The van der Waals surface area contributed by atoms with Crippen LogP contribution < -0.4 is 0 Å². The molecule has 88 valence electrons. The van der Waals surface area contributed by atoms with Crippen molar-refractivity contribution in [3.05, 3.63) is 29.6 Å². The highest BCUT2D eigenvalue weighted by Crippen LogP contribution is 2.13. The van der Waals surface area contributed by atoms with Gasteiger partial charge in [-0.1, -0.05) is 0 Å². The number of hydrogen-bond donors (Lipinski definition) is 1. The molecule has 5 heteroatoms. The molecular weight excluding hydrogens is 218 g/mol. The summed E-state index contributed by atoms with van der Waals surface area (Å²) in [4.78, 5) is 17.5. The van der Waals surface area contributed by atoms with Crippen LogP contribution in [-0.2, 0) is 0 Å². The first kappa shape index (κ1) is 11.6. The molecule has 1 saturated heterocycles. The largest absolute Gasteiger partial charge is 0.391 e. The summed E-state index contributed by atoms with van der Waals surface area (Å²) in [6.07, 6.45) is 2.56. The van der Waals surface area contributed by atoms with E-state index in [1.54, 1.807) is 11.0 Å². The van der Waals surface area contributed by atoms with E-state index in [-0.39, 0.29) is 11.6 Å². The molecule has 2 heterocycles. The van der Waals surface area contributed by atoms with Gasteiger partial charge in [0.1, 0.15) is 11.8 Å². The molecule has 1 aromatic heterocycles. The second kappa shape index (κ2) is 4.93. The van der Waals surface area contributed by atoms with E-state index in [1.165, 1.54) is 12.3 Å². The van der Waals surface area contributed by atoms with E-state index in [0.29, 0.717) is 18.7 Å². The predicted octanol–water partition coefficient (Wildman–Crippen LogP) is 0.550. The van der Waals surface area contributed by atoms with E-state index in [1.807, 2.05) is 6.07 Å². The fourth-order valence-corrected chi connectivity index (χ4v) is 1.95. The average molecular weight is 231 g/mol. The molecule has 1 N–H and O–H groups in total. The summed E-state index contributed by atoms with van der Waals surface area (Å²) in [5.41, 5.74) is 0.680. The van der Waals surface area contributed by atoms with E-state index in [0.717, 1.165) is 12.8 Å². The number of likely N-dealkylation sites (tertiary alicyclic amines) is 1. The smallest absolute Gasteiger partial charge is 0.254 e. The van der Waals surface area contributed by atoms with Crippen molar-refractivity contribution in [1.82, 2.24) is 9.88 Å². The highest BCUT2D eigenvalue weighted by Gasteiger charge is 2.23. The molecule has 1 amide bonds. The van der Waals surface area contributed by atoms with Crippen LogP contribution in [0.4, 0.5) is 0 Å². The van der Waals surface area contributed by atoms with Gasteiger partial charge in [-0.3, -0.25) is 4.79 Å². The Bertz CT molecular complexity index is 467. The molecule has 0 aliphatic carbocycles. The summed E-state index contributed by atoms with van der Waals surface area (Å²) in [6.45, 7) is 1.02. The first-order valence-electron chi connectivity index (χ1n) is 5.54. The molecule has 1 aromatic rings. The second-order valence-electron chi connectivity index (χ2n) is 4.09. The number of aromatic nitrogens is 1. The van der Waals surface area contributed by atoms with Gasteiger partial charge in [-0.15, -0.1) is 0 Å². The Morgan fingerprint density at radius 3 is 3.18 bits per heavy atom. The zero-order valence-electron chi connectivity index (χ0n) is 9.33. The van der Waals surface area contributed by atoms with Gasteiger partial charge in [-0.05, 0) is 25.0 Å². The lowest BCUT2D eigenvalue weighted by atomic mass is 10.1.